The van der Waals surface area contributed by atoms with Crippen LogP contribution in [0.5, 0.6) is 0 Å². The van der Waals surface area contributed by atoms with Crippen molar-refractivity contribution >= 4 is 17.7 Å². The van der Waals surface area contributed by atoms with Gasteiger partial charge >= 0.3 is 0 Å². The summed E-state index contributed by atoms with van der Waals surface area (Å²) in [4.78, 5) is 42.4. The van der Waals surface area contributed by atoms with Gasteiger partial charge < -0.3 is 25.4 Å². The lowest BCUT2D eigenvalue weighted by molar-refractivity contribution is -0.145. The summed E-state index contributed by atoms with van der Waals surface area (Å²) in [6.07, 6.45) is 1.22. The van der Waals surface area contributed by atoms with Crippen LogP contribution < -0.4 is 10.6 Å². The summed E-state index contributed by atoms with van der Waals surface area (Å²) in [5.41, 5.74) is 0.841. The zero-order valence-electron chi connectivity index (χ0n) is 20.4. The molecular formula is C28H33N3O5. The molecule has 3 saturated heterocycles. The number of aliphatic hydroxyl groups excluding tert-OH is 1. The molecule has 2 unspecified atom stereocenters. The van der Waals surface area contributed by atoms with Gasteiger partial charge in [-0.3, -0.25) is 14.4 Å². The van der Waals surface area contributed by atoms with Crippen LogP contribution in [0.25, 0.3) is 0 Å². The molecule has 2 bridgehead atoms. The smallest absolute Gasteiger partial charge is 0.246 e. The Morgan fingerprint density at radius 1 is 1.03 bits per heavy atom. The zero-order chi connectivity index (χ0) is 25.3. The summed E-state index contributed by atoms with van der Waals surface area (Å²) < 4.78 is 6.43. The van der Waals surface area contributed by atoms with Crippen LogP contribution in [0, 0.1) is 11.8 Å². The predicted molar refractivity (Wildman–Crippen MR) is 132 cm³/mol. The molecule has 3 heterocycles. The van der Waals surface area contributed by atoms with E-state index in [0.717, 1.165) is 11.1 Å². The highest BCUT2D eigenvalue weighted by Gasteiger charge is 2.74. The fourth-order valence-corrected chi connectivity index (χ4v) is 6.28. The van der Waals surface area contributed by atoms with Crippen LogP contribution in [0.4, 0.5) is 0 Å². The molecule has 3 N–H and O–H groups in total. The Bertz CT molecular complexity index is 1110. The standard InChI is InChI=1S/C28H33N3O5/c1-2-20(17-32)31-24(26(34)30-16-19-11-7-4-8-12-19)28-14-13-21(36-28)22(23(28)27(31)35)25(33)29-15-18-9-5-3-6-10-18/h3-12,20-24,32H,2,13-17H2,1H3,(H,29,33)(H,30,34)/t20-,21+,22-,23-,24?,28?/m0/s1. The molecule has 190 valence electrons. The van der Waals surface area contributed by atoms with Crippen LogP contribution >= 0.6 is 0 Å². The average molecular weight is 492 g/mol. The van der Waals surface area contributed by atoms with E-state index in [0.29, 0.717) is 32.4 Å². The van der Waals surface area contributed by atoms with E-state index < -0.39 is 35.6 Å². The summed E-state index contributed by atoms with van der Waals surface area (Å²) in [7, 11) is 0. The van der Waals surface area contributed by atoms with Crippen molar-refractivity contribution in [1.82, 2.24) is 15.5 Å². The number of likely N-dealkylation sites (tertiary alicyclic amines) is 1. The van der Waals surface area contributed by atoms with Crippen molar-refractivity contribution in [2.75, 3.05) is 6.61 Å². The van der Waals surface area contributed by atoms with Crippen molar-refractivity contribution in [3.8, 4) is 0 Å². The van der Waals surface area contributed by atoms with Crippen LogP contribution in [0.3, 0.4) is 0 Å². The monoisotopic (exact) mass is 491 g/mol. The van der Waals surface area contributed by atoms with Gasteiger partial charge in [-0.15, -0.1) is 0 Å². The average Bonchev–Trinajstić information content (AvgIpc) is 3.56. The van der Waals surface area contributed by atoms with E-state index in [9.17, 15) is 19.5 Å². The van der Waals surface area contributed by atoms with Crippen molar-refractivity contribution in [1.29, 1.82) is 0 Å². The summed E-state index contributed by atoms with van der Waals surface area (Å²) in [6, 6.07) is 17.7. The first-order valence-electron chi connectivity index (χ1n) is 12.7. The topological polar surface area (TPSA) is 108 Å². The minimum absolute atomic E-state index is 0.230. The lowest BCUT2D eigenvalue weighted by Gasteiger charge is -2.36. The number of fused-ring (bicyclic) bond motifs is 1. The van der Waals surface area contributed by atoms with Gasteiger partial charge in [-0.1, -0.05) is 67.6 Å². The van der Waals surface area contributed by atoms with Gasteiger partial charge in [0.1, 0.15) is 11.6 Å². The predicted octanol–water partition coefficient (Wildman–Crippen LogP) is 1.76. The van der Waals surface area contributed by atoms with Gasteiger partial charge in [0.05, 0.1) is 30.6 Å². The molecule has 1 spiro atoms. The Labute approximate surface area is 211 Å². The first kappa shape index (κ1) is 24.5. The summed E-state index contributed by atoms with van der Waals surface area (Å²) in [6.45, 7) is 2.29. The van der Waals surface area contributed by atoms with Crippen LogP contribution in [0.15, 0.2) is 60.7 Å². The van der Waals surface area contributed by atoms with E-state index in [-0.39, 0.29) is 24.3 Å². The van der Waals surface area contributed by atoms with E-state index in [2.05, 4.69) is 10.6 Å². The molecule has 3 amide bonds. The maximum Gasteiger partial charge on any atom is 0.246 e. The third-order valence-electron chi connectivity index (χ3n) is 7.98. The Morgan fingerprint density at radius 2 is 1.61 bits per heavy atom. The Balaban J connectivity index is 1.41. The third kappa shape index (κ3) is 4.08. The molecule has 8 nitrogen and oxygen atoms in total. The Kier molecular flexibility index (Phi) is 6.81. The molecule has 8 heteroatoms. The zero-order valence-corrected chi connectivity index (χ0v) is 20.4. The second kappa shape index (κ2) is 10.0. The summed E-state index contributed by atoms with van der Waals surface area (Å²) in [5.74, 6) is -2.24. The number of amides is 3. The molecule has 6 atom stereocenters. The van der Waals surface area contributed by atoms with Gasteiger partial charge in [0.25, 0.3) is 0 Å². The van der Waals surface area contributed by atoms with Crippen LogP contribution in [0.2, 0.25) is 0 Å². The van der Waals surface area contributed by atoms with Crippen molar-refractivity contribution in [3.63, 3.8) is 0 Å². The minimum atomic E-state index is -1.07. The van der Waals surface area contributed by atoms with Crippen molar-refractivity contribution < 1.29 is 24.2 Å². The number of ether oxygens (including phenoxy) is 1. The molecule has 3 aliphatic rings. The maximum absolute atomic E-state index is 13.9. The highest BCUT2D eigenvalue weighted by Crippen LogP contribution is 2.58. The molecule has 0 radical (unpaired) electrons. The van der Waals surface area contributed by atoms with Gasteiger partial charge in [0.15, 0.2) is 0 Å². The second-order valence-electron chi connectivity index (χ2n) is 9.95. The lowest BCUT2D eigenvalue weighted by Crippen LogP contribution is -2.57. The van der Waals surface area contributed by atoms with Gasteiger partial charge in [0.2, 0.25) is 17.7 Å². The van der Waals surface area contributed by atoms with Gasteiger partial charge in [-0.25, -0.2) is 0 Å². The SMILES string of the molecule is CC[C@@H](CO)N1C(=O)[C@@H]2[C@@H](C(=O)NCc3ccccc3)[C@H]3CCC2(O3)C1C(=O)NCc1ccccc1. The highest BCUT2D eigenvalue weighted by atomic mass is 16.5. The summed E-state index contributed by atoms with van der Waals surface area (Å²) in [5, 5.41) is 16.0. The number of hydrogen-bond donors (Lipinski definition) is 3. The first-order chi connectivity index (χ1) is 17.5. The molecule has 3 fully saturated rings. The molecule has 2 aromatic carbocycles. The van der Waals surface area contributed by atoms with Gasteiger partial charge in [0, 0.05) is 13.1 Å². The highest BCUT2D eigenvalue weighted by molar-refractivity contribution is 5.99. The largest absolute Gasteiger partial charge is 0.394 e. The number of nitrogens with one attached hydrogen (secondary N) is 2. The van der Waals surface area contributed by atoms with Crippen molar-refractivity contribution in [2.24, 2.45) is 11.8 Å². The molecule has 0 aliphatic carbocycles. The first-order valence-corrected chi connectivity index (χ1v) is 12.7. The molecule has 36 heavy (non-hydrogen) atoms. The van der Waals surface area contributed by atoms with Crippen molar-refractivity contribution in [2.45, 2.75) is 63.1 Å². The molecule has 3 aliphatic heterocycles. The van der Waals surface area contributed by atoms with E-state index in [4.69, 9.17) is 4.74 Å². The molecule has 2 aromatic rings. The number of benzene rings is 2. The number of rotatable bonds is 9. The van der Waals surface area contributed by atoms with Crippen LogP contribution in [-0.4, -0.2) is 58.1 Å². The van der Waals surface area contributed by atoms with Crippen LogP contribution in [-0.2, 0) is 32.2 Å². The number of nitrogens with zero attached hydrogens (tertiary/aromatic N) is 1. The van der Waals surface area contributed by atoms with Crippen LogP contribution in [0.1, 0.15) is 37.3 Å². The van der Waals surface area contributed by atoms with Crippen molar-refractivity contribution in [3.05, 3.63) is 71.8 Å². The normalized spacial score (nSPS) is 29.2. The fraction of sp³-hybridized carbons (Fsp3) is 0.464. The Hall–Kier alpha value is -3.23. The van der Waals surface area contributed by atoms with Gasteiger partial charge in [-0.2, -0.15) is 0 Å². The minimum Gasteiger partial charge on any atom is -0.394 e. The molecule has 0 aromatic heterocycles. The van der Waals surface area contributed by atoms with E-state index >= 15 is 0 Å². The molecular weight excluding hydrogens is 458 g/mol. The Morgan fingerprint density at radius 3 is 2.17 bits per heavy atom. The number of carbonyl (C=O) groups excluding carboxylic acids is 3. The third-order valence-corrected chi connectivity index (χ3v) is 7.98. The number of hydrogen-bond acceptors (Lipinski definition) is 5. The quantitative estimate of drug-likeness (QED) is 0.496. The van der Waals surface area contributed by atoms with E-state index in [1.54, 1.807) is 0 Å². The summed E-state index contributed by atoms with van der Waals surface area (Å²) >= 11 is 0. The molecule has 5 rings (SSSR count). The number of carbonyl (C=O) groups is 3. The van der Waals surface area contributed by atoms with E-state index in [1.807, 2.05) is 67.6 Å². The fourth-order valence-electron chi connectivity index (χ4n) is 6.28. The second-order valence-corrected chi connectivity index (χ2v) is 9.95. The number of aliphatic hydroxyl groups is 1. The maximum atomic E-state index is 13.9. The lowest BCUT2D eigenvalue weighted by atomic mass is 9.70. The molecule has 0 saturated carbocycles. The van der Waals surface area contributed by atoms with E-state index in [1.165, 1.54) is 4.90 Å². The van der Waals surface area contributed by atoms with Gasteiger partial charge in [-0.05, 0) is 30.4 Å².